The molecule has 0 spiro atoms. The Labute approximate surface area is 151 Å². The Kier molecular flexibility index (Phi) is 4.69. The minimum atomic E-state index is -3.75. The summed E-state index contributed by atoms with van der Waals surface area (Å²) in [5.41, 5.74) is 7.73. The Morgan fingerprint density at radius 1 is 1.12 bits per heavy atom. The zero-order valence-electron chi connectivity index (χ0n) is 13.5. The van der Waals surface area contributed by atoms with E-state index in [1.54, 1.807) is 42.5 Å². The smallest absolute Gasteiger partial charge is 0.262 e. The Balaban J connectivity index is 2.04. The van der Waals surface area contributed by atoms with Crippen LogP contribution in [0.1, 0.15) is 12.6 Å². The average Bonchev–Trinajstić information content (AvgIpc) is 2.92. The number of anilines is 2. The lowest BCUT2D eigenvalue weighted by Crippen LogP contribution is -2.14. The quantitative estimate of drug-likeness (QED) is 0.713. The first-order valence-corrected chi connectivity index (χ1v) is 9.49. The third-order valence-electron chi connectivity index (χ3n) is 3.69. The molecular weight excluding hydrogens is 360 g/mol. The van der Waals surface area contributed by atoms with Gasteiger partial charge in [-0.3, -0.25) is 4.72 Å². The molecule has 0 bridgehead atoms. The summed E-state index contributed by atoms with van der Waals surface area (Å²) in [6, 6.07) is 15.1. The molecule has 0 unspecified atom stereocenters. The molecule has 130 valence electrons. The van der Waals surface area contributed by atoms with Gasteiger partial charge in [0.1, 0.15) is 5.69 Å². The van der Waals surface area contributed by atoms with E-state index in [4.69, 9.17) is 17.3 Å². The van der Waals surface area contributed by atoms with Crippen molar-refractivity contribution in [3.8, 4) is 5.69 Å². The van der Waals surface area contributed by atoms with E-state index in [1.165, 1.54) is 16.8 Å². The molecule has 25 heavy (non-hydrogen) atoms. The summed E-state index contributed by atoms with van der Waals surface area (Å²) in [7, 11) is -3.75. The number of aryl methyl sites for hydroxylation is 1. The zero-order valence-corrected chi connectivity index (χ0v) is 15.1. The van der Waals surface area contributed by atoms with E-state index in [0.29, 0.717) is 28.5 Å². The zero-order chi connectivity index (χ0) is 18.0. The van der Waals surface area contributed by atoms with E-state index in [0.717, 1.165) is 0 Å². The van der Waals surface area contributed by atoms with Crippen LogP contribution < -0.4 is 10.5 Å². The fraction of sp³-hybridized carbons (Fsp3) is 0.118. The van der Waals surface area contributed by atoms with Gasteiger partial charge in [-0.2, -0.15) is 5.10 Å². The van der Waals surface area contributed by atoms with Gasteiger partial charge in [0.05, 0.1) is 16.3 Å². The predicted molar refractivity (Wildman–Crippen MR) is 99.6 cm³/mol. The summed E-state index contributed by atoms with van der Waals surface area (Å²) in [6.45, 7) is 1.88. The number of hydrogen-bond donors (Lipinski definition) is 2. The van der Waals surface area contributed by atoms with E-state index in [2.05, 4.69) is 9.82 Å². The van der Waals surface area contributed by atoms with Crippen molar-refractivity contribution in [2.24, 2.45) is 0 Å². The molecule has 6 nitrogen and oxygen atoms in total. The lowest BCUT2D eigenvalue weighted by Gasteiger charge is -2.09. The second-order valence-corrected chi connectivity index (χ2v) is 7.49. The summed E-state index contributed by atoms with van der Waals surface area (Å²) >= 11 is 5.91. The minimum absolute atomic E-state index is 0.163. The summed E-state index contributed by atoms with van der Waals surface area (Å²) < 4.78 is 29.2. The molecule has 1 aromatic heterocycles. The van der Waals surface area contributed by atoms with Crippen molar-refractivity contribution >= 4 is 33.1 Å². The van der Waals surface area contributed by atoms with E-state index in [1.807, 2.05) is 6.92 Å². The number of nitrogens with one attached hydrogen (secondary N) is 1. The highest BCUT2D eigenvalue weighted by Crippen LogP contribution is 2.29. The van der Waals surface area contributed by atoms with Crippen molar-refractivity contribution in [1.82, 2.24) is 9.78 Å². The van der Waals surface area contributed by atoms with Crippen LogP contribution in [0.2, 0.25) is 5.02 Å². The van der Waals surface area contributed by atoms with Crippen molar-refractivity contribution < 1.29 is 8.42 Å². The first-order chi connectivity index (χ1) is 11.9. The first kappa shape index (κ1) is 17.3. The van der Waals surface area contributed by atoms with Crippen LogP contribution in [0.4, 0.5) is 11.5 Å². The Hall–Kier alpha value is -2.51. The van der Waals surface area contributed by atoms with E-state index in [-0.39, 0.29) is 10.7 Å². The second-order valence-electron chi connectivity index (χ2n) is 5.37. The van der Waals surface area contributed by atoms with Gasteiger partial charge in [-0.25, -0.2) is 13.1 Å². The molecule has 0 aliphatic heterocycles. The van der Waals surface area contributed by atoms with Gasteiger partial charge in [-0.1, -0.05) is 36.7 Å². The van der Waals surface area contributed by atoms with Crippen molar-refractivity contribution in [3.05, 3.63) is 65.3 Å². The van der Waals surface area contributed by atoms with E-state index < -0.39 is 10.0 Å². The van der Waals surface area contributed by atoms with Crippen molar-refractivity contribution in [2.45, 2.75) is 18.2 Å². The highest BCUT2D eigenvalue weighted by molar-refractivity contribution is 7.92. The minimum Gasteiger partial charge on any atom is -0.382 e. The van der Waals surface area contributed by atoms with Crippen LogP contribution in [0.25, 0.3) is 5.69 Å². The summed E-state index contributed by atoms with van der Waals surface area (Å²) in [5.74, 6) is 0.221. The van der Waals surface area contributed by atoms with Crippen LogP contribution >= 0.6 is 11.6 Å². The van der Waals surface area contributed by atoms with Crippen LogP contribution in [0.5, 0.6) is 0 Å². The lowest BCUT2D eigenvalue weighted by molar-refractivity contribution is 0.601. The average molecular weight is 377 g/mol. The standard InChI is InChI=1S/C17H17ClN4O2S/c1-2-15-16(21-25(23,24)14-6-4-3-5-7-14)17(19)22(20-15)13-10-8-12(18)9-11-13/h3-11,21H,2,19H2,1H3. The maximum absolute atomic E-state index is 12.6. The number of nitrogens with zero attached hydrogens (tertiary/aromatic N) is 2. The number of sulfonamides is 1. The molecular formula is C17H17ClN4O2S. The number of hydrogen-bond acceptors (Lipinski definition) is 4. The maximum Gasteiger partial charge on any atom is 0.262 e. The number of aromatic nitrogens is 2. The predicted octanol–water partition coefficient (Wildman–Crippen LogP) is 3.47. The number of halogens is 1. The molecule has 1 heterocycles. The number of benzene rings is 2. The maximum atomic E-state index is 12.6. The van der Waals surface area contributed by atoms with Crippen molar-refractivity contribution in [2.75, 3.05) is 10.5 Å². The summed E-state index contributed by atoms with van der Waals surface area (Å²) in [6.07, 6.45) is 0.525. The molecule has 0 radical (unpaired) electrons. The normalized spacial score (nSPS) is 11.4. The van der Waals surface area contributed by atoms with Crippen molar-refractivity contribution in [1.29, 1.82) is 0 Å². The molecule has 0 aliphatic carbocycles. The SMILES string of the molecule is CCc1nn(-c2ccc(Cl)cc2)c(N)c1NS(=O)(=O)c1ccccc1. The van der Waals surface area contributed by atoms with Gasteiger partial charge >= 0.3 is 0 Å². The first-order valence-electron chi connectivity index (χ1n) is 7.63. The molecule has 0 saturated carbocycles. The third kappa shape index (κ3) is 3.47. The second kappa shape index (κ2) is 6.78. The fourth-order valence-electron chi connectivity index (χ4n) is 2.41. The molecule has 0 fully saturated rings. The van der Waals surface area contributed by atoms with Crippen LogP contribution in [-0.4, -0.2) is 18.2 Å². The molecule has 0 amide bonds. The molecule has 3 N–H and O–H groups in total. The van der Waals surface area contributed by atoms with Gasteiger partial charge < -0.3 is 5.73 Å². The van der Waals surface area contributed by atoms with Gasteiger partial charge in [0.2, 0.25) is 0 Å². The molecule has 0 aliphatic rings. The number of nitrogens with two attached hydrogens (primary N) is 1. The Morgan fingerprint density at radius 2 is 1.76 bits per heavy atom. The van der Waals surface area contributed by atoms with Gasteiger partial charge in [0, 0.05) is 5.02 Å². The molecule has 0 atom stereocenters. The lowest BCUT2D eigenvalue weighted by atomic mass is 10.3. The highest BCUT2D eigenvalue weighted by atomic mass is 35.5. The summed E-state index contributed by atoms with van der Waals surface area (Å²) in [4.78, 5) is 0.163. The Morgan fingerprint density at radius 3 is 2.36 bits per heavy atom. The molecule has 3 rings (SSSR count). The van der Waals surface area contributed by atoms with Gasteiger partial charge in [0.25, 0.3) is 10.0 Å². The van der Waals surface area contributed by atoms with Gasteiger partial charge in [-0.05, 0) is 42.8 Å². The van der Waals surface area contributed by atoms with Crippen LogP contribution in [0.15, 0.2) is 59.5 Å². The molecule has 3 aromatic rings. The van der Waals surface area contributed by atoms with E-state index >= 15 is 0 Å². The monoisotopic (exact) mass is 376 g/mol. The van der Waals surface area contributed by atoms with Crippen molar-refractivity contribution in [3.63, 3.8) is 0 Å². The van der Waals surface area contributed by atoms with Crippen LogP contribution in [0.3, 0.4) is 0 Å². The number of nitrogen functional groups attached to an aromatic ring is 1. The molecule has 2 aromatic carbocycles. The topological polar surface area (TPSA) is 90.0 Å². The van der Waals surface area contributed by atoms with E-state index in [9.17, 15) is 8.42 Å². The third-order valence-corrected chi connectivity index (χ3v) is 5.31. The summed E-state index contributed by atoms with van der Waals surface area (Å²) in [5, 5.41) is 5.02. The Bertz CT molecular complexity index is 983. The fourth-order valence-corrected chi connectivity index (χ4v) is 3.66. The molecule has 8 heteroatoms. The number of rotatable bonds is 5. The van der Waals surface area contributed by atoms with Crippen LogP contribution in [-0.2, 0) is 16.4 Å². The largest absolute Gasteiger partial charge is 0.382 e. The molecule has 0 saturated heterocycles. The highest BCUT2D eigenvalue weighted by Gasteiger charge is 2.22. The van der Waals surface area contributed by atoms with Gasteiger partial charge in [0.15, 0.2) is 5.82 Å². The van der Waals surface area contributed by atoms with Crippen LogP contribution in [0, 0.1) is 0 Å². The van der Waals surface area contributed by atoms with Gasteiger partial charge in [-0.15, -0.1) is 0 Å².